The topological polar surface area (TPSA) is 69.6 Å². The molecule has 0 heterocycles. The minimum atomic E-state index is -0.823. The van der Waals surface area contributed by atoms with Crippen LogP contribution in [0.25, 0.3) is 10.8 Å². The molecule has 122 valence electrons. The quantitative estimate of drug-likeness (QED) is 0.640. The van der Waals surface area contributed by atoms with Gasteiger partial charge < -0.3 is 15.5 Å². The number of hydrogen-bond donors (Lipinski definition) is 3. The van der Waals surface area contributed by atoms with Crippen molar-refractivity contribution >= 4 is 32.6 Å². The van der Waals surface area contributed by atoms with Crippen LogP contribution in [0, 0.1) is 0 Å². The number of phenolic OH excluding ortho intramolecular Hbond substituents is 1. The van der Waals surface area contributed by atoms with Crippen LogP contribution in [0.3, 0.4) is 0 Å². The molecule has 1 atom stereocenters. The van der Waals surface area contributed by atoms with Gasteiger partial charge in [-0.15, -0.1) is 0 Å². The van der Waals surface area contributed by atoms with Gasteiger partial charge in [0.2, 0.25) is 0 Å². The highest BCUT2D eigenvalue weighted by atomic mass is 79.9. The molecule has 3 aromatic carbocycles. The average molecular weight is 386 g/mol. The Morgan fingerprint density at radius 1 is 1.04 bits per heavy atom. The molecule has 0 aliphatic carbocycles. The predicted octanol–water partition coefficient (Wildman–Crippen LogP) is 3.77. The Morgan fingerprint density at radius 2 is 1.79 bits per heavy atom. The first-order chi connectivity index (χ1) is 11.5. The maximum atomic E-state index is 12.1. The molecule has 5 heteroatoms. The van der Waals surface area contributed by atoms with Gasteiger partial charge in [-0.3, -0.25) is 4.79 Å². The molecule has 0 bridgehead atoms. The Balaban J connectivity index is 1.69. The van der Waals surface area contributed by atoms with E-state index >= 15 is 0 Å². The smallest absolute Gasteiger partial charge is 0.255 e. The van der Waals surface area contributed by atoms with Gasteiger partial charge in [0.15, 0.2) is 0 Å². The van der Waals surface area contributed by atoms with E-state index in [-0.39, 0.29) is 17.9 Å². The van der Waals surface area contributed by atoms with Gasteiger partial charge in [-0.2, -0.15) is 0 Å². The molecule has 0 fully saturated rings. The number of amides is 1. The predicted molar refractivity (Wildman–Crippen MR) is 97.0 cm³/mol. The molecule has 1 unspecified atom stereocenters. The number of aliphatic hydroxyl groups excluding tert-OH is 1. The van der Waals surface area contributed by atoms with Crippen molar-refractivity contribution < 1.29 is 15.0 Å². The van der Waals surface area contributed by atoms with Crippen LogP contribution in [-0.2, 0) is 0 Å². The lowest BCUT2D eigenvalue weighted by atomic mass is 10.0. The summed E-state index contributed by atoms with van der Waals surface area (Å²) in [6.07, 6.45) is -0.823. The number of hydrogen-bond acceptors (Lipinski definition) is 3. The fraction of sp³-hybridized carbons (Fsp3) is 0.105. The molecule has 0 aliphatic rings. The normalized spacial score (nSPS) is 12.1. The summed E-state index contributed by atoms with van der Waals surface area (Å²) in [6, 6.07) is 18.2. The van der Waals surface area contributed by atoms with E-state index in [1.54, 1.807) is 6.07 Å². The summed E-state index contributed by atoms with van der Waals surface area (Å²) in [5.41, 5.74) is 0.901. The van der Waals surface area contributed by atoms with Crippen LogP contribution >= 0.6 is 15.9 Å². The number of carbonyl (C=O) groups excluding carboxylic acids is 1. The molecule has 1 amide bonds. The molecule has 4 nitrogen and oxygen atoms in total. The summed E-state index contributed by atoms with van der Waals surface area (Å²) in [6.45, 7) is 0.0622. The van der Waals surface area contributed by atoms with Gasteiger partial charge in [-0.25, -0.2) is 0 Å². The van der Waals surface area contributed by atoms with Crippen molar-refractivity contribution in [1.29, 1.82) is 0 Å². The van der Waals surface area contributed by atoms with E-state index in [4.69, 9.17) is 0 Å². The van der Waals surface area contributed by atoms with Gasteiger partial charge in [0.1, 0.15) is 5.75 Å². The summed E-state index contributed by atoms with van der Waals surface area (Å²) < 4.78 is 0.688. The van der Waals surface area contributed by atoms with E-state index in [0.29, 0.717) is 4.47 Å². The summed E-state index contributed by atoms with van der Waals surface area (Å²) in [7, 11) is 0. The van der Waals surface area contributed by atoms with E-state index in [1.165, 1.54) is 12.1 Å². The van der Waals surface area contributed by atoms with Crippen LogP contribution in [0.1, 0.15) is 22.0 Å². The molecule has 0 aliphatic heterocycles. The number of aliphatic hydroxyl groups is 1. The van der Waals surface area contributed by atoms with Crippen molar-refractivity contribution in [1.82, 2.24) is 5.32 Å². The third-order valence-electron chi connectivity index (χ3n) is 3.82. The Morgan fingerprint density at radius 3 is 2.54 bits per heavy atom. The minimum Gasteiger partial charge on any atom is -0.507 e. The maximum absolute atomic E-state index is 12.1. The Labute approximate surface area is 147 Å². The standard InChI is InChI=1S/C19H16BrNO3/c20-15-7-8-16(17(22)10-15)19(24)21-11-18(23)14-6-5-12-3-1-2-4-13(12)9-14/h1-10,18,22-23H,11H2,(H,21,24). The number of aromatic hydroxyl groups is 1. The molecule has 3 N–H and O–H groups in total. The van der Waals surface area contributed by atoms with Gasteiger partial charge in [0.05, 0.1) is 11.7 Å². The second-order valence-electron chi connectivity index (χ2n) is 5.49. The monoisotopic (exact) mass is 385 g/mol. The summed E-state index contributed by atoms with van der Waals surface area (Å²) >= 11 is 3.23. The lowest BCUT2D eigenvalue weighted by Crippen LogP contribution is -2.28. The summed E-state index contributed by atoms with van der Waals surface area (Å²) in [4.78, 5) is 12.1. The Hall–Kier alpha value is -2.37. The van der Waals surface area contributed by atoms with Crippen LogP contribution in [0.15, 0.2) is 65.1 Å². The highest BCUT2D eigenvalue weighted by molar-refractivity contribution is 9.10. The van der Waals surface area contributed by atoms with Crippen LogP contribution in [-0.4, -0.2) is 22.7 Å². The van der Waals surface area contributed by atoms with Crippen molar-refractivity contribution in [2.24, 2.45) is 0 Å². The van der Waals surface area contributed by atoms with Crippen LogP contribution in [0.2, 0.25) is 0 Å². The maximum Gasteiger partial charge on any atom is 0.255 e. The second kappa shape index (κ2) is 7.03. The summed E-state index contributed by atoms with van der Waals surface area (Å²) in [5.74, 6) is -0.540. The van der Waals surface area contributed by atoms with E-state index < -0.39 is 12.0 Å². The Kier molecular flexibility index (Phi) is 4.83. The van der Waals surface area contributed by atoms with Crippen molar-refractivity contribution in [3.8, 4) is 5.75 Å². The molecule has 0 aromatic heterocycles. The highest BCUT2D eigenvalue weighted by Gasteiger charge is 2.14. The number of rotatable bonds is 4. The molecular weight excluding hydrogens is 370 g/mol. The van der Waals surface area contributed by atoms with Gasteiger partial charge in [0, 0.05) is 11.0 Å². The van der Waals surface area contributed by atoms with Gasteiger partial charge >= 0.3 is 0 Å². The number of benzene rings is 3. The van der Waals surface area contributed by atoms with Crippen LogP contribution < -0.4 is 5.32 Å². The highest BCUT2D eigenvalue weighted by Crippen LogP contribution is 2.23. The summed E-state index contributed by atoms with van der Waals surface area (Å²) in [5, 5.41) is 24.9. The molecule has 0 saturated carbocycles. The molecular formula is C19H16BrNO3. The number of fused-ring (bicyclic) bond motifs is 1. The first kappa shape index (κ1) is 16.5. The molecule has 3 rings (SSSR count). The lowest BCUT2D eigenvalue weighted by molar-refractivity contribution is 0.0913. The van der Waals surface area contributed by atoms with Gasteiger partial charge in [0.25, 0.3) is 5.91 Å². The minimum absolute atomic E-state index is 0.0622. The largest absolute Gasteiger partial charge is 0.507 e. The zero-order valence-corrected chi connectivity index (χ0v) is 14.3. The van der Waals surface area contributed by atoms with Crippen molar-refractivity contribution in [2.45, 2.75) is 6.10 Å². The zero-order chi connectivity index (χ0) is 17.1. The van der Waals surface area contributed by atoms with Gasteiger partial charge in [-0.1, -0.05) is 52.3 Å². The molecule has 0 saturated heterocycles. The van der Waals surface area contributed by atoms with E-state index in [1.807, 2.05) is 42.5 Å². The van der Waals surface area contributed by atoms with Crippen LogP contribution in [0.4, 0.5) is 0 Å². The second-order valence-corrected chi connectivity index (χ2v) is 6.41. The first-order valence-electron chi connectivity index (χ1n) is 7.48. The molecule has 0 spiro atoms. The zero-order valence-electron chi connectivity index (χ0n) is 12.7. The molecule has 3 aromatic rings. The third-order valence-corrected chi connectivity index (χ3v) is 4.31. The first-order valence-corrected chi connectivity index (χ1v) is 8.27. The third kappa shape index (κ3) is 3.58. The fourth-order valence-corrected chi connectivity index (χ4v) is 2.86. The van der Waals surface area contributed by atoms with Crippen molar-refractivity contribution in [3.05, 3.63) is 76.3 Å². The number of halogens is 1. The fourth-order valence-electron chi connectivity index (χ4n) is 2.51. The lowest BCUT2D eigenvalue weighted by Gasteiger charge is -2.13. The Bertz CT molecular complexity index is 895. The van der Waals surface area contributed by atoms with Crippen LogP contribution in [0.5, 0.6) is 5.75 Å². The van der Waals surface area contributed by atoms with E-state index in [9.17, 15) is 15.0 Å². The molecule has 24 heavy (non-hydrogen) atoms. The average Bonchev–Trinajstić information content (AvgIpc) is 2.59. The number of phenols is 1. The number of nitrogens with one attached hydrogen (secondary N) is 1. The van der Waals surface area contributed by atoms with E-state index in [2.05, 4.69) is 21.2 Å². The number of carbonyl (C=O) groups is 1. The molecule has 0 radical (unpaired) electrons. The van der Waals surface area contributed by atoms with Crippen molar-refractivity contribution in [2.75, 3.05) is 6.54 Å². The van der Waals surface area contributed by atoms with Gasteiger partial charge in [-0.05, 0) is 40.6 Å². The SMILES string of the molecule is O=C(NCC(O)c1ccc2ccccc2c1)c1ccc(Br)cc1O. The van der Waals surface area contributed by atoms with E-state index in [0.717, 1.165) is 16.3 Å². The van der Waals surface area contributed by atoms with Crippen molar-refractivity contribution in [3.63, 3.8) is 0 Å².